The third-order valence-corrected chi connectivity index (χ3v) is 4.94. The molecule has 3 N–H and O–H groups in total. The molecule has 1 fully saturated rings. The van der Waals surface area contributed by atoms with E-state index in [9.17, 15) is 14.4 Å². The molecule has 0 aromatic heterocycles. The van der Waals surface area contributed by atoms with Crippen LogP contribution in [0.15, 0.2) is 0 Å². The van der Waals surface area contributed by atoms with Crippen LogP contribution in [0.4, 0.5) is 0 Å². The van der Waals surface area contributed by atoms with Crippen LogP contribution in [0.2, 0.25) is 0 Å². The van der Waals surface area contributed by atoms with Gasteiger partial charge in [-0.2, -0.15) is 0 Å². The van der Waals surface area contributed by atoms with Gasteiger partial charge in [-0.1, -0.05) is 32.6 Å². The maximum absolute atomic E-state index is 11.5. The maximum atomic E-state index is 11.5. The molecule has 0 radical (unpaired) electrons. The number of nitrogens with one attached hydrogen (secondary N) is 1. The summed E-state index contributed by atoms with van der Waals surface area (Å²) in [5.41, 5.74) is 0. The van der Waals surface area contributed by atoms with E-state index in [2.05, 4.69) is 12.2 Å². The van der Waals surface area contributed by atoms with Crippen LogP contribution >= 0.6 is 7.60 Å². The third-order valence-electron chi connectivity index (χ3n) is 3.22. The van der Waals surface area contributed by atoms with E-state index in [4.69, 9.17) is 0 Å². The van der Waals surface area contributed by atoms with Crippen LogP contribution in [0, 0.1) is 0 Å². The Morgan fingerprint density at radius 3 is 2.33 bits per heavy atom. The first kappa shape index (κ1) is 13.2. The van der Waals surface area contributed by atoms with Gasteiger partial charge in [-0.3, -0.25) is 4.57 Å². The molecule has 0 heterocycles. The lowest BCUT2D eigenvalue weighted by Gasteiger charge is -2.38. The van der Waals surface area contributed by atoms with Crippen molar-refractivity contribution in [3.8, 4) is 0 Å². The number of hydrogen-bond donors (Lipinski definition) is 3. The Balaban J connectivity index is 2.63. The van der Waals surface area contributed by atoms with Gasteiger partial charge in [0, 0.05) is 0 Å². The summed E-state index contributed by atoms with van der Waals surface area (Å²) in [4.78, 5) is 18.9. The largest absolute Gasteiger partial charge is 0.345 e. The standard InChI is InChI=1S/C10H22NO3P/c1-2-3-9-11-10(15(12,13)14)7-5-4-6-8-10/h11H,2-9H2,1H3,(H2,12,13,14). The van der Waals surface area contributed by atoms with Gasteiger partial charge in [0.15, 0.2) is 0 Å². The van der Waals surface area contributed by atoms with Crippen LogP contribution in [0.25, 0.3) is 0 Å². The molecule has 1 aliphatic rings. The lowest BCUT2D eigenvalue weighted by atomic mass is 9.94. The van der Waals surface area contributed by atoms with Crippen molar-refractivity contribution in [1.29, 1.82) is 0 Å². The Morgan fingerprint density at radius 1 is 1.27 bits per heavy atom. The van der Waals surface area contributed by atoms with E-state index in [-0.39, 0.29) is 0 Å². The second-order valence-electron chi connectivity index (χ2n) is 4.42. The molecule has 5 heteroatoms. The predicted molar refractivity (Wildman–Crippen MR) is 60.8 cm³/mol. The first-order valence-corrected chi connectivity index (χ1v) is 7.44. The summed E-state index contributed by atoms with van der Waals surface area (Å²) in [6.07, 6.45) is 6.18. The second-order valence-corrected chi connectivity index (χ2v) is 6.36. The van der Waals surface area contributed by atoms with E-state index < -0.39 is 12.9 Å². The Morgan fingerprint density at radius 2 is 1.87 bits per heavy atom. The van der Waals surface area contributed by atoms with Crippen molar-refractivity contribution in [2.24, 2.45) is 0 Å². The summed E-state index contributed by atoms with van der Waals surface area (Å²) in [7, 11) is -4.02. The molecule has 4 nitrogen and oxygen atoms in total. The SMILES string of the molecule is CCCCNC1(P(=O)(O)O)CCCCC1. The van der Waals surface area contributed by atoms with Gasteiger partial charge in [-0.15, -0.1) is 0 Å². The highest BCUT2D eigenvalue weighted by atomic mass is 31.2. The van der Waals surface area contributed by atoms with E-state index in [1.54, 1.807) is 0 Å². The average Bonchev–Trinajstić information content (AvgIpc) is 2.18. The molecule has 0 aromatic rings. The zero-order valence-corrected chi connectivity index (χ0v) is 10.3. The summed E-state index contributed by atoms with van der Waals surface area (Å²) >= 11 is 0. The predicted octanol–water partition coefficient (Wildman–Crippen LogP) is 2.21. The van der Waals surface area contributed by atoms with Crippen molar-refractivity contribution in [2.75, 3.05) is 6.54 Å². The Hall–Kier alpha value is 0.110. The number of unbranched alkanes of at least 4 members (excludes halogenated alkanes) is 1. The molecule has 1 saturated carbocycles. The van der Waals surface area contributed by atoms with Crippen molar-refractivity contribution in [1.82, 2.24) is 5.32 Å². The summed E-state index contributed by atoms with van der Waals surface area (Å²) in [6.45, 7) is 2.79. The van der Waals surface area contributed by atoms with Crippen LogP contribution < -0.4 is 5.32 Å². The average molecular weight is 235 g/mol. The van der Waals surface area contributed by atoms with Gasteiger partial charge < -0.3 is 15.1 Å². The first-order chi connectivity index (χ1) is 7.02. The highest BCUT2D eigenvalue weighted by Crippen LogP contribution is 2.55. The second kappa shape index (κ2) is 5.44. The van der Waals surface area contributed by atoms with Crippen LogP contribution in [-0.4, -0.2) is 21.6 Å². The summed E-state index contributed by atoms with van der Waals surface area (Å²) in [6, 6.07) is 0. The Bertz CT molecular complexity index is 233. The molecule has 0 atom stereocenters. The Kier molecular flexibility index (Phi) is 4.78. The highest BCUT2D eigenvalue weighted by Gasteiger charge is 2.46. The van der Waals surface area contributed by atoms with Gasteiger partial charge in [-0.05, 0) is 25.8 Å². The zero-order chi connectivity index (χ0) is 11.4. The quantitative estimate of drug-likeness (QED) is 0.505. The van der Waals surface area contributed by atoms with E-state index in [0.717, 1.165) is 32.1 Å². The normalized spacial score (nSPS) is 21.5. The fourth-order valence-electron chi connectivity index (χ4n) is 2.21. The minimum absolute atomic E-state index is 0.612. The van der Waals surface area contributed by atoms with Crippen molar-refractivity contribution in [3.05, 3.63) is 0 Å². The summed E-state index contributed by atoms with van der Waals surface area (Å²) in [5.74, 6) is 0. The van der Waals surface area contributed by atoms with Gasteiger partial charge >= 0.3 is 7.60 Å². The van der Waals surface area contributed by atoms with Gasteiger partial charge in [0.2, 0.25) is 0 Å². The van der Waals surface area contributed by atoms with Crippen LogP contribution in [-0.2, 0) is 4.57 Å². The third kappa shape index (κ3) is 3.28. The van der Waals surface area contributed by atoms with Crippen LogP contribution in [0.3, 0.4) is 0 Å². The highest BCUT2D eigenvalue weighted by molar-refractivity contribution is 7.53. The molecule has 0 bridgehead atoms. The van der Waals surface area contributed by atoms with Crippen molar-refractivity contribution >= 4 is 7.60 Å². The molecule has 0 saturated heterocycles. The van der Waals surface area contributed by atoms with Gasteiger partial charge in [0.25, 0.3) is 0 Å². The van der Waals surface area contributed by atoms with Gasteiger partial charge in [0.1, 0.15) is 5.28 Å². The fraction of sp³-hybridized carbons (Fsp3) is 1.00. The van der Waals surface area contributed by atoms with Crippen LogP contribution in [0.5, 0.6) is 0 Å². The summed E-state index contributed by atoms with van der Waals surface area (Å²) < 4.78 is 11.5. The van der Waals surface area contributed by atoms with Gasteiger partial charge in [0.05, 0.1) is 0 Å². The van der Waals surface area contributed by atoms with Gasteiger partial charge in [-0.25, -0.2) is 0 Å². The van der Waals surface area contributed by atoms with E-state index >= 15 is 0 Å². The van der Waals surface area contributed by atoms with E-state index in [1.807, 2.05) is 0 Å². The first-order valence-electron chi connectivity index (χ1n) is 5.82. The number of hydrogen-bond acceptors (Lipinski definition) is 2. The van der Waals surface area contributed by atoms with E-state index in [0.29, 0.717) is 19.4 Å². The van der Waals surface area contributed by atoms with E-state index in [1.165, 1.54) is 0 Å². The molecular weight excluding hydrogens is 213 g/mol. The van der Waals surface area contributed by atoms with Crippen molar-refractivity contribution in [2.45, 2.75) is 57.1 Å². The van der Waals surface area contributed by atoms with Crippen molar-refractivity contribution in [3.63, 3.8) is 0 Å². The fourth-order valence-corrected chi connectivity index (χ4v) is 3.42. The zero-order valence-electron chi connectivity index (χ0n) is 9.41. The van der Waals surface area contributed by atoms with Crippen LogP contribution in [0.1, 0.15) is 51.9 Å². The lowest BCUT2D eigenvalue weighted by Crippen LogP contribution is -2.46. The molecule has 90 valence electrons. The molecule has 0 spiro atoms. The topological polar surface area (TPSA) is 69.6 Å². The molecule has 1 rings (SSSR count). The van der Waals surface area contributed by atoms with Crippen molar-refractivity contribution < 1.29 is 14.4 Å². The maximum Gasteiger partial charge on any atom is 0.345 e. The lowest BCUT2D eigenvalue weighted by molar-refractivity contribution is 0.244. The smallest absolute Gasteiger partial charge is 0.323 e. The molecule has 15 heavy (non-hydrogen) atoms. The molecule has 0 unspecified atom stereocenters. The molecular formula is C10H22NO3P. The molecule has 0 amide bonds. The minimum atomic E-state index is -4.02. The molecule has 1 aliphatic carbocycles. The minimum Gasteiger partial charge on any atom is -0.323 e. The number of rotatable bonds is 5. The monoisotopic (exact) mass is 235 g/mol. The Labute approximate surface area is 91.6 Å². The molecule has 0 aliphatic heterocycles. The molecule has 0 aromatic carbocycles. The summed E-state index contributed by atoms with van der Waals surface area (Å²) in [5, 5.41) is 2.20.